The third-order valence-corrected chi connectivity index (χ3v) is 4.60. The van der Waals surface area contributed by atoms with Crippen LogP contribution in [-0.4, -0.2) is 12.6 Å². The van der Waals surface area contributed by atoms with Gasteiger partial charge in [-0.15, -0.1) is 0 Å². The molecule has 21 heavy (non-hydrogen) atoms. The zero-order valence-corrected chi connectivity index (χ0v) is 12.9. The Morgan fingerprint density at radius 3 is 2.38 bits per heavy atom. The molecule has 0 aliphatic heterocycles. The minimum atomic E-state index is 0.729. The van der Waals surface area contributed by atoms with Crippen LogP contribution in [0.1, 0.15) is 41.9 Å². The van der Waals surface area contributed by atoms with E-state index in [1.807, 2.05) is 0 Å². The Morgan fingerprint density at radius 2 is 1.67 bits per heavy atom. The van der Waals surface area contributed by atoms with Gasteiger partial charge < -0.3 is 5.32 Å². The molecule has 2 aromatic rings. The molecule has 0 heterocycles. The van der Waals surface area contributed by atoms with Gasteiger partial charge in [0.2, 0.25) is 0 Å². The smallest absolute Gasteiger partial charge is 0.00787 e. The van der Waals surface area contributed by atoms with Gasteiger partial charge in [0.25, 0.3) is 0 Å². The lowest BCUT2D eigenvalue weighted by molar-refractivity contribution is 0.291. The van der Waals surface area contributed by atoms with Crippen molar-refractivity contribution in [2.24, 2.45) is 0 Å². The normalized spacial score (nSPS) is 21.0. The Kier molecular flexibility index (Phi) is 4.72. The molecule has 1 saturated carbocycles. The first-order chi connectivity index (χ1) is 10.3. The van der Waals surface area contributed by atoms with E-state index >= 15 is 0 Å². The molecule has 2 aromatic carbocycles. The molecule has 0 radical (unpaired) electrons. The van der Waals surface area contributed by atoms with Crippen LogP contribution in [0.25, 0.3) is 0 Å². The third kappa shape index (κ3) is 3.95. The highest BCUT2D eigenvalue weighted by molar-refractivity contribution is 5.26. The molecule has 1 aliphatic carbocycles. The Hall–Kier alpha value is -1.60. The lowest BCUT2D eigenvalue weighted by atomic mass is 9.75. The van der Waals surface area contributed by atoms with Crippen LogP contribution in [0.4, 0.5) is 0 Å². The molecule has 0 spiro atoms. The van der Waals surface area contributed by atoms with Crippen LogP contribution in [-0.2, 0) is 6.42 Å². The summed E-state index contributed by atoms with van der Waals surface area (Å²) < 4.78 is 0. The van der Waals surface area contributed by atoms with Crippen LogP contribution in [0.15, 0.2) is 54.6 Å². The van der Waals surface area contributed by atoms with E-state index in [1.54, 1.807) is 0 Å². The summed E-state index contributed by atoms with van der Waals surface area (Å²) in [5.41, 5.74) is 4.32. The van der Waals surface area contributed by atoms with E-state index in [1.165, 1.54) is 42.4 Å². The fourth-order valence-electron chi connectivity index (χ4n) is 3.14. The van der Waals surface area contributed by atoms with Crippen LogP contribution in [0.3, 0.4) is 0 Å². The minimum absolute atomic E-state index is 0.729. The van der Waals surface area contributed by atoms with Gasteiger partial charge >= 0.3 is 0 Å². The van der Waals surface area contributed by atoms with Gasteiger partial charge in [-0.25, -0.2) is 0 Å². The van der Waals surface area contributed by atoms with Gasteiger partial charge in [-0.1, -0.05) is 60.2 Å². The Labute approximate surface area is 128 Å². The molecule has 110 valence electrons. The molecule has 0 unspecified atom stereocenters. The number of hydrogen-bond donors (Lipinski definition) is 1. The van der Waals surface area contributed by atoms with Gasteiger partial charge in [0, 0.05) is 6.04 Å². The molecule has 0 atom stereocenters. The number of aryl methyl sites for hydroxylation is 2. The summed E-state index contributed by atoms with van der Waals surface area (Å²) in [5, 5.41) is 3.70. The molecule has 1 N–H and O–H groups in total. The first kappa shape index (κ1) is 14.3. The zero-order chi connectivity index (χ0) is 14.5. The maximum atomic E-state index is 3.70. The highest BCUT2D eigenvalue weighted by atomic mass is 14.9. The second-order valence-electron chi connectivity index (χ2n) is 6.32. The summed E-state index contributed by atoms with van der Waals surface area (Å²) in [6, 6.07) is 20.6. The minimum Gasteiger partial charge on any atom is -0.314 e. The van der Waals surface area contributed by atoms with E-state index in [0.29, 0.717) is 0 Å². The maximum Gasteiger partial charge on any atom is 0.00787 e. The summed E-state index contributed by atoms with van der Waals surface area (Å²) in [7, 11) is 0. The van der Waals surface area contributed by atoms with Gasteiger partial charge in [0.05, 0.1) is 0 Å². The van der Waals surface area contributed by atoms with Crippen molar-refractivity contribution >= 4 is 0 Å². The van der Waals surface area contributed by atoms with Crippen molar-refractivity contribution in [1.82, 2.24) is 5.32 Å². The van der Waals surface area contributed by atoms with Crippen molar-refractivity contribution < 1.29 is 0 Å². The molecule has 0 bridgehead atoms. The molecule has 1 fully saturated rings. The van der Waals surface area contributed by atoms with Crippen molar-refractivity contribution in [3.63, 3.8) is 0 Å². The van der Waals surface area contributed by atoms with Crippen LogP contribution >= 0.6 is 0 Å². The van der Waals surface area contributed by atoms with E-state index in [0.717, 1.165) is 18.5 Å². The zero-order valence-electron chi connectivity index (χ0n) is 12.9. The summed E-state index contributed by atoms with van der Waals surface area (Å²) in [6.45, 7) is 3.29. The predicted octanol–water partition coefficient (Wildman–Crippen LogP) is 4.46. The van der Waals surface area contributed by atoms with Crippen molar-refractivity contribution in [2.45, 2.75) is 44.6 Å². The average molecular weight is 279 g/mol. The maximum absolute atomic E-state index is 3.70. The molecule has 1 nitrogen and oxygen atoms in total. The van der Waals surface area contributed by atoms with Crippen LogP contribution in [0.2, 0.25) is 0 Å². The van der Waals surface area contributed by atoms with Crippen LogP contribution in [0, 0.1) is 6.92 Å². The Balaban J connectivity index is 1.33. The molecular weight excluding hydrogens is 254 g/mol. The number of benzene rings is 2. The van der Waals surface area contributed by atoms with Crippen LogP contribution in [0.5, 0.6) is 0 Å². The monoisotopic (exact) mass is 279 g/mol. The first-order valence-corrected chi connectivity index (χ1v) is 8.15. The molecule has 0 aromatic heterocycles. The summed E-state index contributed by atoms with van der Waals surface area (Å²) >= 11 is 0. The van der Waals surface area contributed by atoms with Crippen molar-refractivity contribution in [3.05, 3.63) is 71.3 Å². The largest absolute Gasteiger partial charge is 0.314 e. The molecule has 0 saturated heterocycles. The van der Waals surface area contributed by atoms with E-state index in [9.17, 15) is 0 Å². The number of rotatable bonds is 6. The summed E-state index contributed by atoms with van der Waals surface area (Å²) in [5.74, 6) is 0.775. The van der Waals surface area contributed by atoms with E-state index < -0.39 is 0 Å². The second kappa shape index (κ2) is 6.91. The second-order valence-corrected chi connectivity index (χ2v) is 6.32. The SMILES string of the molecule is Cc1ccc(C2CC(NCCCc3ccccc3)C2)cc1. The molecular formula is C20H25N. The van der Waals surface area contributed by atoms with E-state index in [4.69, 9.17) is 0 Å². The number of nitrogens with one attached hydrogen (secondary N) is 1. The Bertz CT molecular complexity index is 538. The standard InChI is InChI=1S/C20H25N/c1-16-9-11-18(12-10-16)19-14-20(15-19)21-13-5-8-17-6-3-2-4-7-17/h2-4,6-7,9-12,19-21H,5,8,13-15H2,1H3. The molecule has 3 rings (SSSR count). The molecule has 1 heteroatoms. The lowest BCUT2D eigenvalue weighted by Gasteiger charge is -2.36. The number of hydrogen-bond acceptors (Lipinski definition) is 1. The lowest BCUT2D eigenvalue weighted by Crippen LogP contribution is -2.40. The highest BCUT2D eigenvalue weighted by Gasteiger charge is 2.29. The fraction of sp³-hybridized carbons (Fsp3) is 0.400. The summed E-state index contributed by atoms with van der Waals surface area (Å²) in [6.07, 6.45) is 5.01. The average Bonchev–Trinajstić information content (AvgIpc) is 2.48. The van der Waals surface area contributed by atoms with E-state index in [2.05, 4.69) is 66.8 Å². The summed E-state index contributed by atoms with van der Waals surface area (Å²) in [4.78, 5) is 0. The quantitative estimate of drug-likeness (QED) is 0.770. The van der Waals surface area contributed by atoms with Crippen molar-refractivity contribution in [2.75, 3.05) is 6.54 Å². The van der Waals surface area contributed by atoms with Gasteiger partial charge in [-0.05, 0) is 56.2 Å². The predicted molar refractivity (Wildman–Crippen MR) is 89.7 cm³/mol. The van der Waals surface area contributed by atoms with Gasteiger partial charge in [-0.3, -0.25) is 0 Å². The first-order valence-electron chi connectivity index (χ1n) is 8.15. The topological polar surface area (TPSA) is 12.0 Å². The van der Waals surface area contributed by atoms with Gasteiger partial charge in [-0.2, -0.15) is 0 Å². The molecule has 1 aliphatic rings. The fourth-order valence-corrected chi connectivity index (χ4v) is 3.14. The highest BCUT2D eigenvalue weighted by Crippen LogP contribution is 2.36. The van der Waals surface area contributed by atoms with Gasteiger partial charge in [0.15, 0.2) is 0 Å². The Morgan fingerprint density at radius 1 is 0.952 bits per heavy atom. The van der Waals surface area contributed by atoms with E-state index in [-0.39, 0.29) is 0 Å². The molecule has 0 amide bonds. The van der Waals surface area contributed by atoms with Crippen molar-refractivity contribution in [1.29, 1.82) is 0 Å². The van der Waals surface area contributed by atoms with Crippen molar-refractivity contribution in [3.8, 4) is 0 Å². The van der Waals surface area contributed by atoms with Crippen LogP contribution < -0.4 is 5.32 Å². The van der Waals surface area contributed by atoms with Gasteiger partial charge in [0.1, 0.15) is 0 Å². The third-order valence-electron chi connectivity index (χ3n) is 4.60.